The van der Waals surface area contributed by atoms with Crippen LogP contribution in [0.1, 0.15) is 0 Å². The van der Waals surface area contributed by atoms with Crippen LogP contribution < -0.4 is 0 Å². The quantitative estimate of drug-likeness (QED) is 0.233. The summed E-state index contributed by atoms with van der Waals surface area (Å²) in [5, 5.41) is 19.3. The Labute approximate surface area is 196 Å². The van der Waals surface area contributed by atoms with E-state index in [1.807, 2.05) is 45.3 Å². The van der Waals surface area contributed by atoms with Crippen molar-refractivity contribution in [2.45, 2.75) is 0 Å². The van der Waals surface area contributed by atoms with Gasteiger partial charge in [0.15, 0.2) is 0 Å². The number of rotatable bonds is 3. The molecular formula is C26H15PS4. The molecule has 0 spiro atoms. The molecule has 5 heterocycles. The van der Waals surface area contributed by atoms with Gasteiger partial charge in [-0.3, -0.25) is 0 Å². The van der Waals surface area contributed by atoms with E-state index in [9.17, 15) is 0 Å². The number of hydrogen-bond donors (Lipinski definition) is 0. The summed E-state index contributed by atoms with van der Waals surface area (Å²) in [6, 6.07) is 24.8. The van der Waals surface area contributed by atoms with Crippen molar-refractivity contribution in [3.05, 3.63) is 88.3 Å². The molecule has 0 radical (unpaired) electrons. The molecule has 31 heavy (non-hydrogen) atoms. The van der Waals surface area contributed by atoms with Gasteiger partial charge in [-0.2, -0.15) is 0 Å². The highest BCUT2D eigenvalue weighted by Crippen LogP contribution is 2.65. The molecule has 0 nitrogen and oxygen atoms in total. The first-order chi connectivity index (χ1) is 15.4. The normalized spacial score (nSPS) is 11.9. The molecule has 0 atom stereocenters. The van der Waals surface area contributed by atoms with Crippen molar-refractivity contribution in [3.8, 4) is 25.6 Å². The zero-order valence-electron chi connectivity index (χ0n) is 16.2. The lowest BCUT2D eigenvalue weighted by atomic mass is 10.0. The van der Waals surface area contributed by atoms with Crippen LogP contribution in [0.25, 0.3) is 56.6 Å². The van der Waals surface area contributed by atoms with Crippen LogP contribution in [0.15, 0.2) is 88.3 Å². The van der Waals surface area contributed by atoms with Crippen LogP contribution in [0.3, 0.4) is 0 Å². The van der Waals surface area contributed by atoms with E-state index in [2.05, 4.69) is 88.3 Å². The first-order valence-corrected chi connectivity index (χ1v) is 14.9. The summed E-state index contributed by atoms with van der Waals surface area (Å²) in [6.45, 7) is 0. The SMILES string of the molecule is c1ccc(-p2c(-c3cccs3)c3c4sccc4c4ccsc4c3c2-c2cccs2)cc1. The van der Waals surface area contributed by atoms with Crippen LogP contribution in [-0.4, -0.2) is 0 Å². The van der Waals surface area contributed by atoms with Gasteiger partial charge in [0.25, 0.3) is 0 Å². The van der Waals surface area contributed by atoms with Crippen LogP contribution in [-0.2, 0) is 0 Å². The van der Waals surface area contributed by atoms with Gasteiger partial charge in [-0.05, 0) is 51.1 Å². The molecular weight excluding hydrogens is 472 g/mol. The number of benzene rings is 2. The summed E-state index contributed by atoms with van der Waals surface area (Å²) in [5.41, 5.74) is 0. The third-order valence-corrected chi connectivity index (χ3v) is 12.3. The van der Waals surface area contributed by atoms with Crippen LogP contribution in [0.2, 0.25) is 0 Å². The summed E-state index contributed by atoms with van der Waals surface area (Å²) in [5.74, 6) is 0. The second-order valence-corrected chi connectivity index (χ2v) is 13.2. The van der Waals surface area contributed by atoms with Crippen molar-refractivity contribution in [2.24, 2.45) is 0 Å². The van der Waals surface area contributed by atoms with Crippen molar-refractivity contribution in [3.63, 3.8) is 0 Å². The maximum absolute atomic E-state index is 2.33. The van der Waals surface area contributed by atoms with Crippen molar-refractivity contribution in [2.75, 3.05) is 0 Å². The summed E-state index contributed by atoms with van der Waals surface area (Å²) in [4.78, 5) is 2.82. The summed E-state index contributed by atoms with van der Waals surface area (Å²) >= 11 is 7.55. The molecule has 148 valence electrons. The Morgan fingerprint density at radius 3 is 1.52 bits per heavy atom. The van der Waals surface area contributed by atoms with Gasteiger partial charge in [-0.25, -0.2) is 0 Å². The molecule has 0 bridgehead atoms. The molecule has 0 amide bonds. The van der Waals surface area contributed by atoms with Crippen LogP contribution in [0.5, 0.6) is 0 Å². The topological polar surface area (TPSA) is 0 Å². The molecule has 7 rings (SSSR count). The molecule has 0 aliphatic heterocycles. The number of fused-ring (bicyclic) bond motifs is 6. The van der Waals surface area contributed by atoms with Crippen molar-refractivity contribution >= 4 is 83.8 Å². The number of thiophene rings is 4. The van der Waals surface area contributed by atoms with E-state index in [0.717, 1.165) is 0 Å². The summed E-state index contributed by atoms with van der Waals surface area (Å²) < 4.78 is 2.89. The molecule has 5 aromatic heterocycles. The van der Waals surface area contributed by atoms with Gasteiger partial charge >= 0.3 is 0 Å². The van der Waals surface area contributed by atoms with E-state index < -0.39 is 7.53 Å². The molecule has 0 aliphatic rings. The largest absolute Gasteiger partial charge is 0.143 e. The van der Waals surface area contributed by atoms with E-state index in [1.54, 1.807) is 0 Å². The zero-order valence-corrected chi connectivity index (χ0v) is 20.4. The van der Waals surface area contributed by atoms with E-state index in [4.69, 9.17) is 0 Å². The van der Waals surface area contributed by atoms with Gasteiger partial charge in [0.1, 0.15) is 0 Å². The number of hydrogen-bond acceptors (Lipinski definition) is 4. The lowest BCUT2D eigenvalue weighted by molar-refractivity contribution is 1.76. The fraction of sp³-hybridized carbons (Fsp3) is 0. The monoisotopic (exact) mass is 486 g/mol. The molecule has 0 saturated carbocycles. The molecule has 0 aliphatic carbocycles. The van der Waals surface area contributed by atoms with Gasteiger partial charge in [0.2, 0.25) is 0 Å². The second kappa shape index (κ2) is 7.16. The predicted molar refractivity (Wildman–Crippen MR) is 145 cm³/mol. The second-order valence-electron chi connectivity index (χ2n) is 7.40. The fourth-order valence-electron chi connectivity index (χ4n) is 4.57. The smallest absolute Gasteiger partial charge is 0.0438 e. The average Bonchev–Trinajstić information content (AvgIpc) is 3.60. The molecule has 0 fully saturated rings. The Balaban J connectivity index is 1.83. The van der Waals surface area contributed by atoms with E-state index >= 15 is 0 Å². The highest BCUT2D eigenvalue weighted by atomic mass is 32.1. The van der Waals surface area contributed by atoms with Crippen molar-refractivity contribution in [1.82, 2.24) is 0 Å². The van der Waals surface area contributed by atoms with Crippen molar-refractivity contribution in [1.29, 1.82) is 0 Å². The lowest BCUT2D eigenvalue weighted by Crippen LogP contribution is -1.74. The van der Waals surface area contributed by atoms with Gasteiger partial charge < -0.3 is 0 Å². The first-order valence-electron chi connectivity index (χ1n) is 10.00. The Morgan fingerprint density at radius 2 is 1.03 bits per heavy atom. The minimum Gasteiger partial charge on any atom is -0.143 e. The lowest BCUT2D eigenvalue weighted by Gasteiger charge is -2.09. The Hall–Kier alpha value is -2.20. The molecule has 5 heteroatoms. The van der Waals surface area contributed by atoms with Crippen molar-refractivity contribution < 1.29 is 0 Å². The Bertz CT molecular complexity index is 1550. The predicted octanol–water partition coefficient (Wildman–Crippen LogP) is 10.7. The van der Waals surface area contributed by atoms with E-state index in [-0.39, 0.29) is 0 Å². The highest BCUT2D eigenvalue weighted by molar-refractivity contribution is 7.65. The third kappa shape index (κ3) is 2.64. The highest BCUT2D eigenvalue weighted by Gasteiger charge is 2.27. The average molecular weight is 487 g/mol. The molecule has 7 aromatic rings. The van der Waals surface area contributed by atoms with E-state index in [0.29, 0.717) is 0 Å². The fourth-order valence-corrected chi connectivity index (χ4v) is 11.6. The Morgan fingerprint density at radius 1 is 0.484 bits per heavy atom. The molecule has 0 N–H and O–H groups in total. The standard InChI is InChI=1S/C26H15PS4/c1-2-6-16(7-3-1)27-23(19-8-4-12-28-19)21-22(24(27)20-9-5-13-29-20)26-18(11-15-31-26)17-10-14-30-25(17)21/h1-15H. The maximum atomic E-state index is 2.33. The molecule has 2 aromatic carbocycles. The minimum absolute atomic E-state index is 0.636. The van der Waals surface area contributed by atoms with Gasteiger partial charge in [-0.15, -0.1) is 45.3 Å². The third-order valence-electron chi connectivity index (χ3n) is 5.77. The molecule has 0 saturated heterocycles. The van der Waals surface area contributed by atoms with Crippen LogP contribution in [0, 0.1) is 0 Å². The first kappa shape index (κ1) is 18.4. The maximum Gasteiger partial charge on any atom is 0.0438 e. The molecule has 0 unspecified atom stereocenters. The summed E-state index contributed by atoms with van der Waals surface area (Å²) in [7, 11) is -0.636. The summed E-state index contributed by atoms with van der Waals surface area (Å²) in [6.07, 6.45) is 0. The van der Waals surface area contributed by atoms with Gasteiger partial charge in [0.05, 0.1) is 0 Å². The minimum atomic E-state index is -0.636. The van der Waals surface area contributed by atoms with Crippen LogP contribution in [0.4, 0.5) is 0 Å². The van der Waals surface area contributed by atoms with Crippen LogP contribution >= 0.6 is 52.9 Å². The van der Waals surface area contributed by atoms with Gasteiger partial charge in [0, 0.05) is 51.3 Å². The van der Waals surface area contributed by atoms with E-state index in [1.165, 1.54) is 56.6 Å². The zero-order chi connectivity index (χ0) is 20.4. The van der Waals surface area contributed by atoms with Gasteiger partial charge in [-0.1, -0.05) is 50.0 Å². The Kier molecular flexibility index (Phi) is 4.25.